The summed E-state index contributed by atoms with van der Waals surface area (Å²) in [4.78, 5) is 12.2. The van der Waals surface area contributed by atoms with Gasteiger partial charge in [-0.2, -0.15) is 0 Å². The van der Waals surface area contributed by atoms with Gasteiger partial charge < -0.3 is 10.1 Å². The summed E-state index contributed by atoms with van der Waals surface area (Å²) >= 11 is 6.06. The Morgan fingerprint density at radius 2 is 1.73 bits per heavy atom. The summed E-state index contributed by atoms with van der Waals surface area (Å²) in [6.45, 7) is 7.64. The maximum Gasteiger partial charge on any atom is 0.265 e. The molecule has 1 atom stereocenters. The van der Waals surface area contributed by atoms with Crippen molar-refractivity contribution in [3.63, 3.8) is 0 Å². The third-order valence-corrected chi connectivity index (χ3v) is 3.72. The molecule has 0 aliphatic carbocycles. The molecule has 0 saturated heterocycles. The maximum absolute atomic E-state index is 12.2. The van der Waals surface area contributed by atoms with Gasteiger partial charge in [-0.3, -0.25) is 4.79 Å². The fourth-order valence-corrected chi connectivity index (χ4v) is 2.35. The molecule has 0 radical (unpaired) electrons. The highest BCUT2D eigenvalue weighted by Crippen LogP contribution is 2.21. The predicted octanol–water partition coefficient (Wildman–Crippen LogP) is 4.67. The van der Waals surface area contributed by atoms with Crippen LogP contribution in [0.1, 0.15) is 23.6 Å². The second-order valence-corrected chi connectivity index (χ2v) is 5.94. The van der Waals surface area contributed by atoms with Crippen LogP contribution in [0, 0.1) is 20.8 Å². The second kappa shape index (κ2) is 6.84. The lowest BCUT2D eigenvalue weighted by atomic mass is 10.1. The van der Waals surface area contributed by atoms with Crippen LogP contribution in [-0.4, -0.2) is 12.0 Å². The van der Waals surface area contributed by atoms with Crippen LogP contribution >= 0.6 is 11.6 Å². The van der Waals surface area contributed by atoms with E-state index in [1.165, 1.54) is 0 Å². The van der Waals surface area contributed by atoms with Crippen molar-refractivity contribution in [2.24, 2.45) is 0 Å². The van der Waals surface area contributed by atoms with Crippen molar-refractivity contribution in [3.05, 3.63) is 58.1 Å². The standard InChI is InChI=1S/C18H20ClNO2/c1-11-7-12(2)9-16(8-11)22-14(4)18(21)20-15-6-5-13(3)17(19)10-15/h5-10,14H,1-4H3,(H,20,21)/t14-/m0/s1. The molecule has 0 fully saturated rings. The summed E-state index contributed by atoms with van der Waals surface area (Å²) < 4.78 is 5.72. The lowest BCUT2D eigenvalue weighted by molar-refractivity contribution is -0.122. The van der Waals surface area contributed by atoms with Crippen LogP contribution in [-0.2, 0) is 4.79 Å². The van der Waals surface area contributed by atoms with Gasteiger partial charge in [-0.15, -0.1) is 0 Å². The highest BCUT2D eigenvalue weighted by atomic mass is 35.5. The van der Waals surface area contributed by atoms with Gasteiger partial charge in [0.15, 0.2) is 6.10 Å². The van der Waals surface area contributed by atoms with Crippen LogP contribution in [0.15, 0.2) is 36.4 Å². The Morgan fingerprint density at radius 3 is 2.32 bits per heavy atom. The molecule has 22 heavy (non-hydrogen) atoms. The average Bonchev–Trinajstić information content (AvgIpc) is 2.41. The number of carbonyl (C=O) groups excluding carboxylic acids is 1. The van der Waals surface area contributed by atoms with Gasteiger partial charge in [0.05, 0.1) is 0 Å². The summed E-state index contributed by atoms with van der Waals surface area (Å²) in [6, 6.07) is 11.3. The number of aryl methyl sites for hydroxylation is 3. The molecule has 0 aromatic heterocycles. The first-order valence-electron chi connectivity index (χ1n) is 7.17. The molecule has 0 saturated carbocycles. The van der Waals surface area contributed by atoms with E-state index in [0.29, 0.717) is 16.5 Å². The summed E-state index contributed by atoms with van der Waals surface area (Å²) in [7, 11) is 0. The number of carbonyl (C=O) groups is 1. The minimum atomic E-state index is -0.596. The number of ether oxygens (including phenoxy) is 1. The molecular formula is C18H20ClNO2. The summed E-state index contributed by atoms with van der Waals surface area (Å²) in [5, 5.41) is 3.44. The zero-order valence-corrected chi connectivity index (χ0v) is 14.0. The van der Waals surface area contributed by atoms with E-state index in [2.05, 4.69) is 11.4 Å². The van der Waals surface area contributed by atoms with E-state index in [1.54, 1.807) is 13.0 Å². The highest BCUT2D eigenvalue weighted by Gasteiger charge is 2.15. The number of hydrogen-bond acceptors (Lipinski definition) is 2. The fourth-order valence-electron chi connectivity index (χ4n) is 2.17. The Hall–Kier alpha value is -2.00. The van der Waals surface area contributed by atoms with Crippen LogP contribution in [0.3, 0.4) is 0 Å². The van der Waals surface area contributed by atoms with Crippen molar-refractivity contribution in [2.45, 2.75) is 33.8 Å². The molecule has 0 heterocycles. The molecule has 2 rings (SSSR count). The Labute approximate surface area is 136 Å². The molecule has 2 aromatic rings. The van der Waals surface area contributed by atoms with Crippen molar-refractivity contribution >= 4 is 23.2 Å². The van der Waals surface area contributed by atoms with Crippen molar-refractivity contribution in [3.8, 4) is 5.75 Å². The number of halogens is 1. The van der Waals surface area contributed by atoms with Gasteiger partial charge in [-0.1, -0.05) is 23.7 Å². The van der Waals surface area contributed by atoms with Crippen molar-refractivity contribution in [1.82, 2.24) is 0 Å². The van der Waals surface area contributed by atoms with E-state index < -0.39 is 6.10 Å². The molecule has 0 bridgehead atoms. The Morgan fingerprint density at radius 1 is 1.09 bits per heavy atom. The zero-order valence-electron chi connectivity index (χ0n) is 13.2. The number of hydrogen-bond donors (Lipinski definition) is 1. The SMILES string of the molecule is Cc1cc(C)cc(O[C@@H](C)C(=O)Nc2ccc(C)c(Cl)c2)c1. The minimum Gasteiger partial charge on any atom is -0.481 e. The molecule has 1 amide bonds. The summed E-state index contributed by atoms with van der Waals surface area (Å²) in [5.41, 5.74) is 3.84. The predicted molar refractivity (Wildman–Crippen MR) is 90.8 cm³/mol. The number of amides is 1. The van der Waals surface area contributed by atoms with E-state index in [4.69, 9.17) is 16.3 Å². The van der Waals surface area contributed by atoms with Gasteiger partial charge in [0.2, 0.25) is 0 Å². The van der Waals surface area contributed by atoms with Crippen molar-refractivity contribution in [2.75, 3.05) is 5.32 Å². The van der Waals surface area contributed by atoms with Gasteiger partial charge in [0.1, 0.15) is 5.75 Å². The second-order valence-electron chi connectivity index (χ2n) is 5.54. The first-order valence-corrected chi connectivity index (χ1v) is 7.55. The first-order chi connectivity index (χ1) is 10.3. The molecule has 116 valence electrons. The molecule has 0 aliphatic rings. The number of rotatable bonds is 4. The van der Waals surface area contributed by atoms with Gasteiger partial charge in [-0.25, -0.2) is 0 Å². The largest absolute Gasteiger partial charge is 0.481 e. The molecular weight excluding hydrogens is 298 g/mol. The highest BCUT2D eigenvalue weighted by molar-refractivity contribution is 6.31. The first kappa shape index (κ1) is 16.4. The van der Waals surface area contributed by atoms with E-state index in [-0.39, 0.29) is 5.91 Å². The fraction of sp³-hybridized carbons (Fsp3) is 0.278. The molecule has 2 aromatic carbocycles. The van der Waals surface area contributed by atoms with Gasteiger partial charge in [0, 0.05) is 10.7 Å². The van der Waals surface area contributed by atoms with Crippen LogP contribution in [0.4, 0.5) is 5.69 Å². The van der Waals surface area contributed by atoms with Crippen LogP contribution < -0.4 is 10.1 Å². The molecule has 4 heteroatoms. The normalized spacial score (nSPS) is 11.9. The molecule has 0 aliphatic heterocycles. The molecule has 3 nitrogen and oxygen atoms in total. The lowest BCUT2D eigenvalue weighted by Gasteiger charge is -2.16. The van der Waals surface area contributed by atoms with E-state index in [9.17, 15) is 4.79 Å². The third-order valence-electron chi connectivity index (χ3n) is 3.32. The van der Waals surface area contributed by atoms with E-state index in [0.717, 1.165) is 16.7 Å². The maximum atomic E-state index is 12.2. The van der Waals surface area contributed by atoms with Crippen molar-refractivity contribution in [1.29, 1.82) is 0 Å². The Balaban J connectivity index is 2.04. The van der Waals surface area contributed by atoms with Gasteiger partial charge in [0.25, 0.3) is 5.91 Å². The Kier molecular flexibility index (Phi) is 5.09. The van der Waals surface area contributed by atoms with Crippen LogP contribution in [0.5, 0.6) is 5.75 Å². The summed E-state index contributed by atoms with van der Waals surface area (Å²) in [6.07, 6.45) is -0.596. The monoisotopic (exact) mass is 317 g/mol. The average molecular weight is 318 g/mol. The molecule has 0 unspecified atom stereocenters. The quantitative estimate of drug-likeness (QED) is 0.889. The summed E-state index contributed by atoms with van der Waals surface area (Å²) in [5.74, 6) is 0.487. The van der Waals surface area contributed by atoms with E-state index in [1.807, 2.05) is 45.0 Å². The molecule has 1 N–H and O–H groups in total. The van der Waals surface area contributed by atoms with Crippen LogP contribution in [0.2, 0.25) is 5.02 Å². The minimum absolute atomic E-state index is 0.209. The van der Waals surface area contributed by atoms with Crippen LogP contribution in [0.25, 0.3) is 0 Å². The number of benzene rings is 2. The van der Waals surface area contributed by atoms with Crippen molar-refractivity contribution < 1.29 is 9.53 Å². The topological polar surface area (TPSA) is 38.3 Å². The third kappa shape index (κ3) is 4.25. The van der Waals surface area contributed by atoms with E-state index >= 15 is 0 Å². The molecule has 0 spiro atoms. The number of nitrogens with one attached hydrogen (secondary N) is 1. The lowest BCUT2D eigenvalue weighted by Crippen LogP contribution is -2.30. The zero-order chi connectivity index (χ0) is 16.3. The van der Waals surface area contributed by atoms with Gasteiger partial charge in [-0.05, 0) is 68.7 Å². The Bertz CT molecular complexity index is 677. The number of anilines is 1. The smallest absolute Gasteiger partial charge is 0.265 e. The van der Waals surface area contributed by atoms with Gasteiger partial charge >= 0.3 is 0 Å².